The third-order valence-corrected chi connectivity index (χ3v) is 4.72. The number of piperazine rings is 1. The first kappa shape index (κ1) is 15.5. The first-order chi connectivity index (χ1) is 11.7. The zero-order chi connectivity index (χ0) is 16.5. The summed E-state index contributed by atoms with van der Waals surface area (Å²) in [6.45, 7) is 6.56. The summed E-state index contributed by atoms with van der Waals surface area (Å²) in [5, 5.41) is 22.9. The summed E-state index contributed by atoms with van der Waals surface area (Å²) in [4.78, 5) is 4.53. The predicted molar refractivity (Wildman–Crippen MR) is 88.3 cm³/mol. The van der Waals surface area contributed by atoms with E-state index in [4.69, 9.17) is 4.74 Å². The lowest BCUT2D eigenvalue weighted by molar-refractivity contribution is 0.0784. The number of aryl methyl sites for hydroxylation is 1. The molecule has 0 spiro atoms. The third-order valence-electron chi connectivity index (χ3n) is 4.72. The second-order valence-electron chi connectivity index (χ2n) is 6.35. The Morgan fingerprint density at radius 2 is 1.79 bits per heavy atom. The highest BCUT2D eigenvalue weighted by molar-refractivity contribution is 5.40. The summed E-state index contributed by atoms with van der Waals surface area (Å²) in [6, 6.07) is 6.00. The van der Waals surface area contributed by atoms with Crippen molar-refractivity contribution in [3.8, 4) is 5.82 Å². The third kappa shape index (κ3) is 3.00. The number of aliphatic hydroxyl groups excluding tert-OH is 1. The van der Waals surface area contributed by atoms with E-state index >= 15 is 0 Å². The quantitative estimate of drug-likeness (QED) is 0.838. The second kappa shape index (κ2) is 6.46. The first-order valence-corrected chi connectivity index (χ1v) is 8.32. The number of nitrogens with zero attached hydrogens (tertiary/aromatic N) is 6. The fourth-order valence-electron chi connectivity index (χ4n) is 3.31. The van der Waals surface area contributed by atoms with Crippen molar-refractivity contribution in [2.45, 2.75) is 19.1 Å². The van der Waals surface area contributed by atoms with Crippen LogP contribution in [0.4, 0.5) is 5.82 Å². The molecule has 2 aromatic rings. The van der Waals surface area contributed by atoms with E-state index < -0.39 is 0 Å². The normalized spacial score (nSPS) is 25.3. The van der Waals surface area contributed by atoms with Crippen LogP contribution >= 0.6 is 0 Å². The van der Waals surface area contributed by atoms with Gasteiger partial charge in [-0.1, -0.05) is 0 Å². The average Bonchev–Trinajstić information content (AvgIpc) is 3.24. The van der Waals surface area contributed by atoms with Crippen LogP contribution in [0.1, 0.15) is 5.69 Å². The van der Waals surface area contributed by atoms with E-state index in [9.17, 15) is 5.11 Å². The zero-order valence-electron chi connectivity index (χ0n) is 13.7. The lowest BCUT2D eigenvalue weighted by atomic mass is 10.1. The van der Waals surface area contributed by atoms with Crippen LogP contribution in [0.5, 0.6) is 0 Å². The van der Waals surface area contributed by atoms with Crippen LogP contribution in [-0.2, 0) is 4.74 Å². The van der Waals surface area contributed by atoms with Crippen LogP contribution in [0.2, 0.25) is 0 Å². The largest absolute Gasteiger partial charge is 0.389 e. The van der Waals surface area contributed by atoms with Crippen molar-refractivity contribution in [2.75, 3.05) is 44.3 Å². The van der Waals surface area contributed by atoms with Crippen LogP contribution in [0.25, 0.3) is 5.82 Å². The van der Waals surface area contributed by atoms with Crippen molar-refractivity contribution < 1.29 is 9.84 Å². The highest BCUT2D eigenvalue weighted by atomic mass is 16.5. The lowest BCUT2D eigenvalue weighted by Crippen LogP contribution is -2.53. The van der Waals surface area contributed by atoms with Crippen LogP contribution in [0.3, 0.4) is 0 Å². The molecule has 0 radical (unpaired) electrons. The molecule has 0 aromatic carbocycles. The molecule has 0 amide bonds. The Hall–Kier alpha value is -2.03. The van der Waals surface area contributed by atoms with Crippen molar-refractivity contribution in [1.82, 2.24) is 24.9 Å². The molecule has 2 aliphatic heterocycles. The maximum atomic E-state index is 9.95. The number of hydrogen-bond donors (Lipinski definition) is 1. The van der Waals surface area contributed by atoms with E-state index in [1.807, 2.05) is 31.3 Å². The van der Waals surface area contributed by atoms with Gasteiger partial charge in [0.2, 0.25) is 0 Å². The molecule has 2 aliphatic rings. The minimum atomic E-state index is -0.367. The molecule has 128 valence electrons. The Morgan fingerprint density at radius 3 is 2.38 bits per heavy atom. The highest BCUT2D eigenvalue weighted by Gasteiger charge is 2.33. The first-order valence-electron chi connectivity index (χ1n) is 8.32. The molecule has 4 heterocycles. The topological polar surface area (TPSA) is 79.5 Å². The summed E-state index contributed by atoms with van der Waals surface area (Å²) in [5.41, 5.74) is 0.954. The molecule has 1 N–H and O–H groups in total. The number of rotatable bonds is 3. The van der Waals surface area contributed by atoms with Crippen molar-refractivity contribution in [2.24, 2.45) is 0 Å². The second-order valence-corrected chi connectivity index (χ2v) is 6.35. The molecule has 8 heteroatoms. The Kier molecular flexibility index (Phi) is 4.17. The molecular weight excluding hydrogens is 308 g/mol. The van der Waals surface area contributed by atoms with Gasteiger partial charge in [-0.25, -0.2) is 4.68 Å². The van der Waals surface area contributed by atoms with Crippen molar-refractivity contribution in [1.29, 1.82) is 0 Å². The van der Waals surface area contributed by atoms with E-state index in [1.54, 1.807) is 4.68 Å². The van der Waals surface area contributed by atoms with E-state index in [-0.39, 0.29) is 12.1 Å². The van der Waals surface area contributed by atoms with Gasteiger partial charge < -0.3 is 14.7 Å². The molecule has 8 nitrogen and oxygen atoms in total. The summed E-state index contributed by atoms with van der Waals surface area (Å²) in [6.07, 6.45) is 1.51. The molecule has 0 aliphatic carbocycles. The fourth-order valence-corrected chi connectivity index (χ4v) is 3.31. The molecule has 4 rings (SSSR count). The number of aromatic nitrogens is 4. The van der Waals surface area contributed by atoms with E-state index in [2.05, 4.69) is 25.1 Å². The van der Waals surface area contributed by atoms with Crippen molar-refractivity contribution >= 4 is 5.82 Å². The summed E-state index contributed by atoms with van der Waals surface area (Å²) in [7, 11) is 0. The molecule has 2 fully saturated rings. The smallest absolute Gasteiger partial charge is 0.175 e. The lowest BCUT2D eigenvalue weighted by Gasteiger charge is -2.38. The van der Waals surface area contributed by atoms with E-state index in [1.165, 1.54) is 0 Å². The molecule has 2 atom stereocenters. The fraction of sp³-hybridized carbons (Fsp3) is 0.562. The van der Waals surface area contributed by atoms with Gasteiger partial charge in [0, 0.05) is 32.4 Å². The Bertz CT molecular complexity index is 680. The van der Waals surface area contributed by atoms with Gasteiger partial charge in [0.05, 0.1) is 31.1 Å². The van der Waals surface area contributed by atoms with Crippen LogP contribution in [0, 0.1) is 6.92 Å². The van der Waals surface area contributed by atoms with E-state index in [0.29, 0.717) is 13.2 Å². The van der Waals surface area contributed by atoms with Gasteiger partial charge in [0.15, 0.2) is 11.6 Å². The minimum Gasteiger partial charge on any atom is -0.389 e. The number of hydrogen-bond acceptors (Lipinski definition) is 7. The molecule has 0 bridgehead atoms. The zero-order valence-corrected chi connectivity index (χ0v) is 13.7. The number of ether oxygens (including phenoxy) is 1. The molecule has 2 aromatic heterocycles. The monoisotopic (exact) mass is 330 g/mol. The van der Waals surface area contributed by atoms with Gasteiger partial charge in [-0.15, -0.1) is 10.2 Å². The van der Waals surface area contributed by atoms with Gasteiger partial charge >= 0.3 is 0 Å². The number of aliphatic hydroxyl groups is 1. The van der Waals surface area contributed by atoms with Gasteiger partial charge in [-0.05, 0) is 25.1 Å². The average molecular weight is 330 g/mol. The Labute approximate surface area is 140 Å². The SMILES string of the molecule is Cc1ccn(-c2ccc(N3CCN(C4COCC4O)CC3)nn2)n1. The summed E-state index contributed by atoms with van der Waals surface area (Å²) in [5.74, 6) is 1.60. The van der Waals surface area contributed by atoms with Gasteiger partial charge in [-0.2, -0.15) is 5.10 Å². The summed E-state index contributed by atoms with van der Waals surface area (Å²) >= 11 is 0. The minimum absolute atomic E-state index is 0.128. The Balaban J connectivity index is 1.39. The summed E-state index contributed by atoms with van der Waals surface area (Å²) < 4.78 is 7.08. The van der Waals surface area contributed by atoms with Crippen LogP contribution in [-0.4, -0.2) is 81.5 Å². The predicted octanol–water partition coefficient (Wildman–Crippen LogP) is -0.148. The molecule has 2 unspecified atom stereocenters. The van der Waals surface area contributed by atoms with Gasteiger partial charge in [-0.3, -0.25) is 4.90 Å². The van der Waals surface area contributed by atoms with Crippen molar-refractivity contribution in [3.63, 3.8) is 0 Å². The van der Waals surface area contributed by atoms with Crippen LogP contribution in [0.15, 0.2) is 24.4 Å². The maximum absolute atomic E-state index is 9.95. The molecule has 24 heavy (non-hydrogen) atoms. The maximum Gasteiger partial charge on any atom is 0.175 e. The molecular formula is C16H22N6O2. The van der Waals surface area contributed by atoms with Gasteiger partial charge in [0.25, 0.3) is 0 Å². The highest BCUT2D eigenvalue weighted by Crippen LogP contribution is 2.19. The standard InChI is InChI=1S/C16H22N6O2/c1-12-4-5-22(19-12)16-3-2-15(17-18-16)21-8-6-20(7-9-21)13-10-24-11-14(13)23/h2-5,13-14,23H,6-11H2,1H3. The number of anilines is 1. The Morgan fingerprint density at radius 1 is 1.04 bits per heavy atom. The molecule has 2 saturated heterocycles. The van der Waals surface area contributed by atoms with E-state index in [0.717, 1.165) is 43.5 Å². The van der Waals surface area contributed by atoms with Crippen LogP contribution < -0.4 is 4.90 Å². The van der Waals surface area contributed by atoms with Gasteiger partial charge in [0.1, 0.15) is 0 Å². The molecule has 0 saturated carbocycles. The van der Waals surface area contributed by atoms with Crippen molar-refractivity contribution in [3.05, 3.63) is 30.1 Å².